The van der Waals surface area contributed by atoms with Crippen molar-refractivity contribution in [1.82, 2.24) is 9.80 Å². The van der Waals surface area contributed by atoms with Crippen molar-refractivity contribution >= 4 is 35.1 Å². The summed E-state index contributed by atoms with van der Waals surface area (Å²) >= 11 is 12.1. The zero-order valence-electron chi connectivity index (χ0n) is 27.9. The summed E-state index contributed by atoms with van der Waals surface area (Å²) in [6, 6.07) is 7.82. The second kappa shape index (κ2) is 19.3. The van der Waals surface area contributed by atoms with Crippen LogP contribution in [0.4, 0.5) is 0 Å². The molecule has 0 radical (unpaired) electrons. The van der Waals surface area contributed by atoms with Crippen LogP contribution in [0.15, 0.2) is 24.3 Å². The van der Waals surface area contributed by atoms with Gasteiger partial charge in [-0.05, 0) is 118 Å². The summed E-state index contributed by atoms with van der Waals surface area (Å²) in [5.41, 5.74) is 2.10. The van der Waals surface area contributed by atoms with Gasteiger partial charge in [-0.2, -0.15) is 0 Å². The molecule has 2 aromatic carbocycles. The molecule has 246 valence electrons. The molecule has 0 amide bonds. The number of rotatable bonds is 8. The summed E-state index contributed by atoms with van der Waals surface area (Å²) < 4.78 is 16.9. The Kier molecular flexibility index (Phi) is 17.8. The Labute approximate surface area is 300 Å². The molecule has 4 rings (SSSR count). The van der Waals surface area contributed by atoms with E-state index >= 15 is 0 Å². The number of hydrogen-bond donors (Lipinski definition) is 1. The summed E-state index contributed by atoms with van der Waals surface area (Å²) in [6.45, 7) is 3.63. The third-order valence-corrected chi connectivity index (χ3v) is 9.06. The molecule has 9 nitrogen and oxygen atoms in total. The van der Waals surface area contributed by atoms with E-state index in [1.807, 2.05) is 6.92 Å². The second-order valence-corrected chi connectivity index (χ2v) is 12.8. The van der Waals surface area contributed by atoms with Gasteiger partial charge in [0.05, 0.1) is 30.4 Å². The van der Waals surface area contributed by atoms with Crippen LogP contribution in [0.5, 0.6) is 11.5 Å². The smallest absolute Gasteiger partial charge is 0.870 e. The van der Waals surface area contributed by atoms with Crippen molar-refractivity contribution in [2.45, 2.75) is 89.5 Å². The Hall–Kier alpha value is -1.56. The van der Waals surface area contributed by atoms with Crippen molar-refractivity contribution in [3.63, 3.8) is 0 Å². The third kappa shape index (κ3) is 11.9. The molecule has 2 fully saturated rings. The topological polar surface area (TPSA) is 119 Å². The number of carbonyl (C=O) groups excluding carboxylic acids is 1. The minimum absolute atomic E-state index is 0. The van der Waals surface area contributed by atoms with E-state index in [2.05, 4.69) is 38.0 Å². The molecular weight excluding hydrogens is 630 g/mol. The van der Waals surface area contributed by atoms with Gasteiger partial charge < -0.3 is 34.6 Å². The van der Waals surface area contributed by atoms with Crippen LogP contribution in [0.25, 0.3) is 0 Å². The fourth-order valence-corrected chi connectivity index (χ4v) is 6.23. The maximum Gasteiger partial charge on any atom is 1.00 e. The van der Waals surface area contributed by atoms with Crippen molar-refractivity contribution in [1.29, 1.82) is 0 Å². The molecule has 0 atom stereocenters. The number of esters is 1. The first kappa shape index (κ1) is 41.5. The number of benzene rings is 2. The summed E-state index contributed by atoms with van der Waals surface area (Å²) in [5, 5.41) is 10.1. The zero-order chi connectivity index (χ0) is 31.8. The first-order valence-electron chi connectivity index (χ1n) is 14.9. The van der Waals surface area contributed by atoms with Crippen LogP contribution in [0.2, 0.25) is 10.0 Å². The van der Waals surface area contributed by atoms with Gasteiger partial charge in [-0.1, -0.05) is 23.2 Å². The van der Waals surface area contributed by atoms with Gasteiger partial charge in [0.2, 0.25) is 0 Å². The Morgan fingerprint density at radius 3 is 1.40 bits per heavy atom. The van der Waals surface area contributed by atoms with Gasteiger partial charge in [0.15, 0.2) is 0 Å². The van der Waals surface area contributed by atoms with E-state index in [4.69, 9.17) is 37.4 Å². The van der Waals surface area contributed by atoms with Crippen LogP contribution < -0.4 is 39.0 Å². The minimum atomic E-state index is -0.976. The number of aromatic carboxylic acids is 1. The predicted octanol–water partition coefficient (Wildman–Crippen LogP) is 4.11. The van der Waals surface area contributed by atoms with Crippen molar-refractivity contribution in [2.75, 3.05) is 35.3 Å². The average Bonchev–Trinajstić information content (AvgIpc) is 2.96. The van der Waals surface area contributed by atoms with Gasteiger partial charge in [-0.15, -0.1) is 0 Å². The van der Waals surface area contributed by atoms with Crippen molar-refractivity contribution in [3.05, 3.63) is 56.6 Å². The number of hydrogen-bond acceptors (Lipinski definition) is 8. The molecule has 0 spiro atoms. The first-order valence-corrected chi connectivity index (χ1v) is 15.6. The number of carboxylic acids is 1. The molecule has 2 aliphatic carbocycles. The minimum Gasteiger partial charge on any atom is -0.870 e. The molecule has 2 aromatic rings. The molecule has 0 aromatic heterocycles. The molecule has 0 heterocycles. The van der Waals surface area contributed by atoms with E-state index < -0.39 is 5.97 Å². The molecule has 2 saturated carbocycles. The van der Waals surface area contributed by atoms with Crippen molar-refractivity contribution in [3.8, 4) is 11.5 Å². The number of carboxylic acid groups (broad SMARTS) is 1. The fraction of sp³-hybridized carbons (Fsp3) is 0.576. The fourth-order valence-electron chi connectivity index (χ4n) is 5.82. The largest absolute Gasteiger partial charge is 1.00 e. The molecule has 2 aliphatic rings. The van der Waals surface area contributed by atoms with Gasteiger partial charge in [-0.25, -0.2) is 9.59 Å². The molecule has 0 bridgehead atoms. The van der Waals surface area contributed by atoms with Gasteiger partial charge in [-0.3, -0.25) is 0 Å². The molecule has 0 aliphatic heterocycles. The van der Waals surface area contributed by atoms with Crippen molar-refractivity contribution in [2.24, 2.45) is 0 Å². The normalized spacial score (nSPS) is 21.0. The van der Waals surface area contributed by atoms with E-state index in [9.17, 15) is 14.7 Å². The van der Waals surface area contributed by atoms with E-state index in [1.54, 1.807) is 25.1 Å². The standard InChI is InChI=1S/C17H24ClNO3.C16H22ClNO3.Na.H2O/c1-11-15(17(20)21-4)9-12(18)10-16(11)22-14-7-5-13(6-8-14)19(2)3;1-10-14(16(19)20)8-11(17)9-15(10)21-13-6-4-12(5-7-13)18(2)3;;/h9-10,13-14H,5-8H2,1-4H3;8-9,12-13H,4-7H2,1-3H3,(H,19,20);;1H2/q;;+1;/p-1. The summed E-state index contributed by atoms with van der Waals surface area (Å²) in [7, 11) is 9.81. The molecule has 2 N–H and O–H groups in total. The Morgan fingerprint density at radius 1 is 0.711 bits per heavy atom. The summed E-state index contributed by atoms with van der Waals surface area (Å²) in [6.07, 6.45) is 8.77. The summed E-state index contributed by atoms with van der Waals surface area (Å²) in [5.74, 6) is -0.0910. The number of carbonyl (C=O) groups is 2. The Balaban J connectivity index is 0.000000431. The Bertz CT molecular complexity index is 1260. The molecule has 45 heavy (non-hydrogen) atoms. The number of ether oxygens (including phenoxy) is 3. The van der Waals surface area contributed by atoms with E-state index in [-0.39, 0.29) is 58.8 Å². The molecule has 0 unspecified atom stereocenters. The maximum atomic E-state index is 11.8. The summed E-state index contributed by atoms with van der Waals surface area (Å²) in [4.78, 5) is 27.6. The van der Waals surface area contributed by atoms with Crippen LogP contribution >= 0.6 is 23.2 Å². The van der Waals surface area contributed by atoms with Crippen molar-refractivity contribution < 1.29 is 63.9 Å². The van der Waals surface area contributed by atoms with Gasteiger partial charge in [0, 0.05) is 33.3 Å². The zero-order valence-corrected chi connectivity index (χ0v) is 31.4. The van der Waals surface area contributed by atoms with Gasteiger partial charge in [0.25, 0.3) is 0 Å². The monoisotopic (exact) mass is 676 g/mol. The number of nitrogens with zero attached hydrogens (tertiary/aromatic N) is 2. The van der Waals surface area contributed by atoms with E-state index in [0.29, 0.717) is 44.8 Å². The van der Waals surface area contributed by atoms with Crippen LogP contribution in [-0.2, 0) is 4.74 Å². The predicted molar refractivity (Wildman–Crippen MR) is 173 cm³/mol. The second-order valence-electron chi connectivity index (χ2n) is 12.0. The SMILES string of the molecule is COC(=O)c1cc(Cl)cc(OC2CCC(N(C)C)CC2)c1C.Cc1c(OC2CCC(N(C)C)CC2)cc(Cl)cc1C(=O)O.[Na+].[OH-]. The molecule has 0 saturated heterocycles. The quantitative estimate of drug-likeness (QED) is 0.326. The third-order valence-electron chi connectivity index (χ3n) is 8.62. The van der Waals surface area contributed by atoms with E-state index in [1.165, 1.54) is 13.2 Å². The van der Waals surface area contributed by atoms with Gasteiger partial charge >= 0.3 is 41.5 Å². The van der Waals surface area contributed by atoms with Crippen LogP contribution in [0, 0.1) is 13.8 Å². The van der Waals surface area contributed by atoms with E-state index in [0.717, 1.165) is 56.9 Å². The number of methoxy groups -OCH3 is 1. The molecular formula is C33H47Cl2N2NaO7. The van der Waals surface area contributed by atoms with Crippen LogP contribution in [-0.4, -0.2) is 91.9 Å². The van der Waals surface area contributed by atoms with Gasteiger partial charge in [0.1, 0.15) is 11.5 Å². The van der Waals surface area contributed by atoms with Crippen LogP contribution in [0.3, 0.4) is 0 Å². The average molecular weight is 678 g/mol. The Morgan fingerprint density at radius 2 is 1.07 bits per heavy atom. The number of halogens is 2. The van der Waals surface area contributed by atoms with Crippen LogP contribution in [0.1, 0.15) is 83.2 Å². The first-order chi connectivity index (χ1) is 20.3. The maximum absolute atomic E-state index is 11.8. The molecule has 12 heteroatoms.